The molecule has 0 radical (unpaired) electrons. The molecule has 1 heterocycles. The predicted octanol–water partition coefficient (Wildman–Crippen LogP) is 4.12. The van der Waals surface area contributed by atoms with E-state index in [0.29, 0.717) is 17.7 Å². The lowest BCUT2D eigenvalue weighted by molar-refractivity contribution is -0.127. The summed E-state index contributed by atoms with van der Waals surface area (Å²) in [5, 5.41) is 0.965. The van der Waals surface area contributed by atoms with Crippen LogP contribution in [0.4, 0.5) is 8.78 Å². The second kappa shape index (κ2) is 6.59. The van der Waals surface area contributed by atoms with Gasteiger partial charge >= 0.3 is 0 Å². The van der Waals surface area contributed by atoms with E-state index >= 15 is 0 Å². The number of nitrogens with zero attached hydrogens (tertiary/aromatic N) is 2. The van der Waals surface area contributed by atoms with Crippen molar-refractivity contribution >= 4 is 16.8 Å². The normalized spacial score (nSPS) is 10.9. The average Bonchev–Trinajstić information content (AvgIpc) is 2.56. The average molecular weight is 340 g/mol. The monoisotopic (exact) mass is 340 g/mol. The van der Waals surface area contributed by atoms with E-state index in [9.17, 15) is 13.6 Å². The second-order valence-corrected chi connectivity index (χ2v) is 6.27. The molecular weight excluding hydrogens is 322 g/mol. The fourth-order valence-electron chi connectivity index (χ4n) is 2.69. The van der Waals surface area contributed by atoms with Crippen molar-refractivity contribution in [3.05, 3.63) is 65.2 Å². The molecule has 3 rings (SSSR count). The molecule has 0 N–H and O–H groups in total. The van der Waals surface area contributed by atoms with E-state index in [4.69, 9.17) is 0 Å². The maximum Gasteiger partial charge on any atom is 0.226 e. The Morgan fingerprint density at radius 3 is 2.48 bits per heavy atom. The van der Waals surface area contributed by atoms with Crippen LogP contribution < -0.4 is 0 Å². The fraction of sp³-hybridized carbons (Fsp3) is 0.200. The molecule has 0 atom stereocenters. The van der Waals surface area contributed by atoms with Crippen molar-refractivity contribution in [2.45, 2.75) is 13.3 Å². The van der Waals surface area contributed by atoms with Crippen LogP contribution in [-0.2, 0) is 11.2 Å². The topological polar surface area (TPSA) is 33.2 Å². The number of hydrogen-bond acceptors (Lipinski definition) is 2. The Labute approximate surface area is 144 Å². The SMILES string of the molecule is Cc1cc(-c2ccc(F)c(F)c2)nc2cc(CC(=O)N(C)C)ccc12. The summed E-state index contributed by atoms with van der Waals surface area (Å²) >= 11 is 0. The third-order valence-electron chi connectivity index (χ3n) is 4.15. The van der Waals surface area contributed by atoms with E-state index in [0.717, 1.165) is 34.2 Å². The Hall–Kier alpha value is -2.82. The van der Waals surface area contributed by atoms with Gasteiger partial charge in [0.05, 0.1) is 17.6 Å². The number of benzene rings is 2. The summed E-state index contributed by atoms with van der Waals surface area (Å²) in [5.74, 6) is -1.78. The Bertz CT molecular complexity index is 967. The van der Waals surface area contributed by atoms with Gasteiger partial charge in [-0.3, -0.25) is 4.79 Å². The van der Waals surface area contributed by atoms with Gasteiger partial charge in [-0.1, -0.05) is 12.1 Å². The van der Waals surface area contributed by atoms with Crippen molar-refractivity contribution in [2.75, 3.05) is 14.1 Å². The van der Waals surface area contributed by atoms with Gasteiger partial charge in [-0.05, 0) is 48.4 Å². The largest absolute Gasteiger partial charge is 0.349 e. The van der Waals surface area contributed by atoms with Gasteiger partial charge < -0.3 is 4.90 Å². The minimum Gasteiger partial charge on any atom is -0.349 e. The lowest BCUT2D eigenvalue weighted by atomic mass is 10.0. The number of amides is 1. The minimum atomic E-state index is -0.901. The van der Waals surface area contributed by atoms with Crippen molar-refractivity contribution in [1.82, 2.24) is 9.88 Å². The Morgan fingerprint density at radius 2 is 1.80 bits per heavy atom. The molecule has 0 spiro atoms. The van der Waals surface area contributed by atoms with Crippen LogP contribution in [0.5, 0.6) is 0 Å². The van der Waals surface area contributed by atoms with Crippen LogP contribution in [0.25, 0.3) is 22.2 Å². The molecule has 0 aliphatic carbocycles. The van der Waals surface area contributed by atoms with Gasteiger partial charge in [0.15, 0.2) is 11.6 Å². The number of fused-ring (bicyclic) bond motifs is 1. The molecule has 1 aromatic heterocycles. The number of pyridine rings is 1. The lowest BCUT2D eigenvalue weighted by Crippen LogP contribution is -2.23. The third kappa shape index (κ3) is 3.50. The highest BCUT2D eigenvalue weighted by molar-refractivity contribution is 5.87. The molecule has 1 amide bonds. The van der Waals surface area contributed by atoms with Crippen LogP contribution in [0, 0.1) is 18.6 Å². The number of aromatic nitrogens is 1. The molecule has 128 valence electrons. The van der Waals surface area contributed by atoms with Crippen molar-refractivity contribution in [1.29, 1.82) is 0 Å². The zero-order valence-electron chi connectivity index (χ0n) is 14.3. The highest BCUT2D eigenvalue weighted by Crippen LogP contribution is 2.26. The van der Waals surface area contributed by atoms with E-state index in [2.05, 4.69) is 4.98 Å². The molecule has 5 heteroatoms. The standard InChI is InChI=1S/C20H18F2N2O/c1-12-8-18(14-5-7-16(21)17(22)11-14)23-19-9-13(4-6-15(12)19)10-20(25)24(2)3/h4-9,11H,10H2,1-3H3. The predicted molar refractivity (Wildman–Crippen MR) is 94.2 cm³/mol. The van der Waals surface area contributed by atoms with Crippen LogP contribution in [0.15, 0.2) is 42.5 Å². The van der Waals surface area contributed by atoms with Crippen molar-refractivity contribution in [3.63, 3.8) is 0 Å². The van der Waals surface area contributed by atoms with E-state index < -0.39 is 11.6 Å². The van der Waals surface area contributed by atoms with Gasteiger partial charge in [0.2, 0.25) is 5.91 Å². The molecule has 3 nitrogen and oxygen atoms in total. The fourth-order valence-corrected chi connectivity index (χ4v) is 2.69. The number of rotatable bonds is 3. The third-order valence-corrected chi connectivity index (χ3v) is 4.15. The number of carbonyl (C=O) groups is 1. The molecule has 0 aliphatic rings. The number of likely N-dealkylation sites (N-methyl/N-ethyl adjacent to an activating group) is 1. The Morgan fingerprint density at radius 1 is 1.04 bits per heavy atom. The zero-order chi connectivity index (χ0) is 18.1. The maximum absolute atomic E-state index is 13.5. The maximum atomic E-state index is 13.5. The molecular formula is C20H18F2N2O. The van der Waals surface area contributed by atoms with Crippen LogP contribution in [0.3, 0.4) is 0 Å². The van der Waals surface area contributed by atoms with Gasteiger partial charge in [0.25, 0.3) is 0 Å². The molecule has 0 fully saturated rings. The number of carbonyl (C=O) groups excluding carboxylic acids is 1. The summed E-state index contributed by atoms with van der Waals surface area (Å²) in [6, 6.07) is 11.3. The van der Waals surface area contributed by atoms with Gasteiger partial charge in [-0.25, -0.2) is 13.8 Å². The van der Waals surface area contributed by atoms with E-state index in [1.54, 1.807) is 19.0 Å². The Balaban J connectivity index is 2.06. The first-order valence-electron chi connectivity index (χ1n) is 7.91. The molecule has 2 aromatic carbocycles. The number of aryl methyl sites for hydroxylation is 1. The zero-order valence-corrected chi connectivity index (χ0v) is 14.3. The van der Waals surface area contributed by atoms with Gasteiger partial charge in [-0.2, -0.15) is 0 Å². The van der Waals surface area contributed by atoms with Gasteiger partial charge in [0, 0.05) is 25.0 Å². The highest BCUT2D eigenvalue weighted by atomic mass is 19.2. The summed E-state index contributed by atoms with van der Waals surface area (Å²) < 4.78 is 26.7. The minimum absolute atomic E-state index is 0.00725. The quantitative estimate of drug-likeness (QED) is 0.719. The highest BCUT2D eigenvalue weighted by Gasteiger charge is 2.11. The van der Waals surface area contributed by atoms with E-state index in [1.807, 2.05) is 31.2 Å². The van der Waals surface area contributed by atoms with Crippen molar-refractivity contribution in [3.8, 4) is 11.3 Å². The number of hydrogen-bond donors (Lipinski definition) is 0. The molecule has 0 bridgehead atoms. The van der Waals surface area contributed by atoms with Crippen LogP contribution in [0.2, 0.25) is 0 Å². The number of halogens is 2. The van der Waals surface area contributed by atoms with Gasteiger partial charge in [-0.15, -0.1) is 0 Å². The summed E-state index contributed by atoms with van der Waals surface area (Å²) in [5.41, 5.74) is 3.65. The first kappa shape index (κ1) is 17.0. The van der Waals surface area contributed by atoms with Crippen molar-refractivity contribution in [2.24, 2.45) is 0 Å². The first-order chi connectivity index (χ1) is 11.8. The Kier molecular flexibility index (Phi) is 4.49. The van der Waals surface area contributed by atoms with Crippen LogP contribution in [0.1, 0.15) is 11.1 Å². The van der Waals surface area contributed by atoms with E-state index in [1.165, 1.54) is 6.07 Å². The molecule has 0 saturated heterocycles. The summed E-state index contributed by atoms with van der Waals surface area (Å²) in [6.07, 6.45) is 0.291. The lowest BCUT2D eigenvalue weighted by Gasteiger charge is -2.11. The van der Waals surface area contributed by atoms with Crippen molar-refractivity contribution < 1.29 is 13.6 Å². The summed E-state index contributed by atoms with van der Waals surface area (Å²) in [6.45, 7) is 1.94. The smallest absolute Gasteiger partial charge is 0.226 e. The molecule has 0 unspecified atom stereocenters. The van der Waals surface area contributed by atoms with Gasteiger partial charge in [0.1, 0.15) is 0 Å². The summed E-state index contributed by atoms with van der Waals surface area (Å²) in [4.78, 5) is 18.0. The van der Waals surface area contributed by atoms with Crippen LogP contribution in [-0.4, -0.2) is 29.9 Å². The molecule has 0 saturated carbocycles. The second-order valence-electron chi connectivity index (χ2n) is 6.27. The van der Waals surface area contributed by atoms with E-state index in [-0.39, 0.29) is 5.91 Å². The molecule has 0 aliphatic heterocycles. The molecule has 3 aromatic rings. The first-order valence-corrected chi connectivity index (χ1v) is 7.91. The van der Waals surface area contributed by atoms with Crippen LogP contribution >= 0.6 is 0 Å². The molecule has 25 heavy (non-hydrogen) atoms. The summed E-state index contributed by atoms with van der Waals surface area (Å²) in [7, 11) is 3.43.